The van der Waals surface area contributed by atoms with Crippen LogP contribution in [0.15, 0.2) is 71.8 Å². The van der Waals surface area contributed by atoms with Crippen LogP contribution in [0.4, 0.5) is 0 Å². The summed E-state index contributed by atoms with van der Waals surface area (Å²) in [5.74, 6) is 1.11. The number of nitrogens with one attached hydrogen (secondary N) is 1. The molecule has 3 aromatic carbocycles. The Morgan fingerprint density at radius 1 is 1.00 bits per heavy atom. The third kappa shape index (κ3) is 4.95. The molecule has 0 spiro atoms. The Balaban J connectivity index is 1.33. The Morgan fingerprint density at radius 3 is 2.63 bits per heavy atom. The molecule has 1 N–H and O–H groups in total. The molecule has 35 heavy (non-hydrogen) atoms. The summed E-state index contributed by atoms with van der Waals surface area (Å²) in [5, 5.41) is 0.834. The third-order valence-electron chi connectivity index (χ3n) is 5.28. The largest absolute Gasteiger partial charge is 0.492 e. The monoisotopic (exact) mass is 506 g/mol. The van der Waals surface area contributed by atoms with E-state index in [-0.39, 0.29) is 18.0 Å². The molecule has 0 unspecified atom stereocenters. The van der Waals surface area contributed by atoms with Crippen molar-refractivity contribution in [2.24, 2.45) is 0 Å². The molecule has 178 valence electrons. The van der Waals surface area contributed by atoms with Crippen LogP contribution in [0.5, 0.6) is 11.6 Å². The summed E-state index contributed by atoms with van der Waals surface area (Å²) in [6, 6.07) is 17.9. The van der Waals surface area contributed by atoms with Gasteiger partial charge in [-0.1, -0.05) is 18.2 Å². The lowest BCUT2D eigenvalue weighted by Crippen LogP contribution is -2.28. The topological polar surface area (TPSA) is 103 Å². The zero-order valence-corrected chi connectivity index (χ0v) is 20.7. The number of nitrogens with zero attached hydrogens (tertiary/aromatic N) is 3. The van der Waals surface area contributed by atoms with Crippen molar-refractivity contribution in [3.63, 3.8) is 0 Å². The van der Waals surface area contributed by atoms with E-state index in [1.165, 1.54) is 11.3 Å². The molecule has 0 bridgehead atoms. The lowest BCUT2D eigenvalue weighted by Gasteiger charge is -2.08. The molecule has 0 saturated heterocycles. The summed E-state index contributed by atoms with van der Waals surface area (Å²) in [6.07, 6.45) is 1.60. The highest BCUT2D eigenvalue weighted by Gasteiger charge is 2.15. The van der Waals surface area contributed by atoms with Crippen LogP contribution in [0.2, 0.25) is 0 Å². The maximum Gasteiger partial charge on any atom is 0.240 e. The number of thiazole rings is 1. The summed E-state index contributed by atoms with van der Waals surface area (Å²) in [7, 11) is -1.99. The number of hydrogen-bond acceptors (Lipinski definition) is 8. The van der Waals surface area contributed by atoms with Crippen molar-refractivity contribution in [1.29, 1.82) is 0 Å². The first-order chi connectivity index (χ1) is 16.9. The molecule has 0 aliphatic heterocycles. The van der Waals surface area contributed by atoms with Gasteiger partial charge < -0.3 is 9.47 Å². The van der Waals surface area contributed by atoms with Crippen LogP contribution in [-0.4, -0.2) is 43.6 Å². The Hall–Kier alpha value is -3.60. The number of rotatable bonds is 8. The molecular formula is C25H22N4O4S2. The molecule has 2 heterocycles. The first kappa shape index (κ1) is 23.2. The van der Waals surface area contributed by atoms with Crippen molar-refractivity contribution in [3.8, 4) is 22.2 Å². The van der Waals surface area contributed by atoms with Crippen molar-refractivity contribution >= 4 is 42.6 Å². The van der Waals surface area contributed by atoms with Gasteiger partial charge in [-0.25, -0.2) is 28.1 Å². The molecule has 0 radical (unpaired) electrons. The van der Waals surface area contributed by atoms with Crippen molar-refractivity contribution in [2.45, 2.75) is 11.8 Å². The first-order valence-corrected chi connectivity index (χ1v) is 13.1. The van der Waals surface area contributed by atoms with Gasteiger partial charge in [0.25, 0.3) is 0 Å². The van der Waals surface area contributed by atoms with E-state index >= 15 is 0 Å². The summed E-state index contributed by atoms with van der Waals surface area (Å²) >= 11 is 1.54. The quantitative estimate of drug-likeness (QED) is 0.307. The van der Waals surface area contributed by atoms with Gasteiger partial charge in [0, 0.05) is 12.1 Å². The van der Waals surface area contributed by atoms with Gasteiger partial charge >= 0.3 is 0 Å². The van der Waals surface area contributed by atoms with Gasteiger partial charge in [0.2, 0.25) is 15.9 Å². The van der Waals surface area contributed by atoms with Crippen LogP contribution >= 0.6 is 11.3 Å². The highest BCUT2D eigenvalue weighted by molar-refractivity contribution is 7.89. The lowest BCUT2D eigenvalue weighted by atomic mass is 10.1. The van der Waals surface area contributed by atoms with E-state index in [2.05, 4.69) is 20.8 Å². The van der Waals surface area contributed by atoms with Crippen LogP contribution in [0.1, 0.15) is 5.56 Å². The number of benzene rings is 3. The van der Waals surface area contributed by atoms with E-state index in [1.807, 2.05) is 31.2 Å². The molecule has 0 aliphatic rings. The highest BCUT2D eigenvalue weighted by Crippen LogP contribution is 2.36. The Labute approximate surface area is 206 Å². The molecule has 5 aromatic rings. The van der Waals surface area contributed by atoms with Crippen LogP contribution in [0.25, 0.3) is 31.8 Å². The fourth-order valence-corrected chi connectivity index (χ4v) is 5.69. The zero-order valence-electron chi connectivity index (χ0n) is 19.1. The predicted octanol–water partition coefficient (Wildman–Crippen LogP) is 4.58. The molecule has 2 aromatic heterocycles. The van der Waals surface area contributed by atoms with E-state index in [9.17, 15) is 8.42 Å². The van der Waals surface area contributed by atoms with Gasteiger partial charge in [0.1, 0.15) is 17.4 Å². The molecule has 0 aliphatic carbocycles. The van der Waals surface area contributed by atoms with Crippen LogP contribution in [0.3, 0.4) is 0 Å². The highest BCUT2D eigenvalue weighted by atomic mass is 32.2. The lowest BCUT2D eigenvalue weighted by molar-refractivity contribution is 0.323. The molecule has 0 amide bonds. The molecule has 10 heteroatoms. The van der Waals surface area contributed by atoms with Crippen LogP contribution < -0.4 is 14.2 Å². The predicted molar refractivity (Wildman–Crippen MR) is 137 cm³/mol. The fraction of sp³-hybridized carbons (Fsp3) is 0.160. The SMILES string of the molecule is COc1cnc2c(-c3nc4ccc(OCCNS(=O)(=O)c5ccccc5)cc4s3)cc(C)cc2n1. The van der Waals surface area contributed by atoms with Crippen molar-refractivity contribution in [3.05, 3.63) is 72.4 Å². The standard InChI is InChI=1S/C25H22N4O4S2/c1-16-12-19(24-21(13-16)28-23(32-2)15-26-24)25-29-20-9-8-17(14-22(20)34-25)33-11-10-27-35(30,31)18-6-4-3-5-7-18/h3-9,12-15,27H,10-11H2,1-2H3. The summed E-state index contributed by atoms with van der Waals surface area (Å²) in [6.45, 7) is 2.36. The second kappa shape index (κ2) is 9.57. The Kier molecular flexibility index (Phi) is 6.33. The van der Waals surface area contributed by atoms with Crippen molar-refractivity contribution < 1.29 is 17.9 Å². The average molecular weight is 507 g/mol. The first-order valence-electron chi connectivity index (χ1n) is 10.8. The van der Waals surface area contributed by atoms with E-state index in [4.69, 9.17) is 14.5 Å². The minimum absolute atomic E-state index is 0.153. The van der Waals surface area contributed by atoms with Gasteiger partial charge in [-0.05, 0) is 55.0 Å². The number of fused-ring (bicyclic) bond motifs is 2. The van der Waals surface area contributed by atoms with Gasteiger partial charge in [0.15, 0.2) is 0 Å². The summed E-state index contributed by atoms with van der Waals surface area (Å²) < 4.78 is 39.2. The fourth-order valence-electron chi connectivity index (χ4n) is 3.65. The van der Waals surface area contributed by atoms with Gasteiger partial charge in [-0.3, -0.25) is 0 Å². The Morgan fingerprint density at radius 2 is 1.83 bits per heavy atom. The minimum Gasteiger partial charge on any atom is -0.492 e. The van der Waals surface area contributed by atoms with Gasteiger partial charge in [0.05, 0.1) is 39.5 Å². The summed E-state index contributed by atoms with van der Waals surface area (Å²) in [5.41, 5.74) is 4.32. The molecule has 0 fully saturated rings. The maximum absolute atomic E-state index is 12.3. The van der Waals surface area contributed by atoms with E-state index in [0.717, 1.165) is 37.4 Å². The van der Waals surface area contributed by atoms with E-state index in [1.54, 1.807) is 43.6 Å². The zero-order chi connectivity index (χ0) is 24.4. The third-order valence-corrected chi connectivity index (χ3v) is 7.81. The number of ether oxygens (including phenoxy) is 2. The van der Waals surface area contributed by atoms with E-state index < -0.39 is 10.0 Å². The number of aromatic nitrogens is 3. The molecular weight excluding hydrogens is 484 g/mol. The number of methoxy groups -OCH3 is 1. The average Bonchev–Trinajstić information content (AvgIpc) is 3.29. The summed E-state index contributed by atoms with van der Waals surface area (Å²) in [4.78, 5) is 14.1. The molecule has 0 atom stereocenters. The molecule has 8 nitrogen and oxygen atoms in total. The number of hydrogen-bond donors (Lipinski definition) is 1. The number of aryl methyl sites for hydroxylation is 1. The smallest absolute Gasteiger partial charge is 0.240 e. The second-order valence-electron chi connectivity index (χ2n) is 7.80. The van der Waals surface area contributed by atoms with Crippen molar-refractivity contribution in [1.82, 2.24) is 19.7 Å². The van der Waals surface area contributed by atoms with Gasteiger partial charge in [-0.2, -0.15) is 0 Å². The maximum atomic E-state index is 12.3. The Bertz CT molecular complexity index is 1620. The van der Waals surface area contributed by atoms with Crippen LogP contribution in [0, 0.1) is 6.92 Å². The van der Waals surface area contributed by atoms with Gasteiger partial charge in [-0.15, -0.1) is 11.3 Å². The van der Waals surface area contributed by atoms with E-state index in [0.29, 0.717) is 11.6 Å². The van der Waals surface area contributed by atoms with Crippen LogP contribution in [-0.2, 0) is 10.0 Å². The molecule has 5 rings (SSSR count). The molecule has 0 saturated carbocycles. The van der Waals surface area contributed by atoms with Crippen molar-refractivity contribution in [2.75, 3.05) is 20.3 Å². The normalized spacial score (nSPS) is 11.7. The minimum atomic E-state index is -3.56. The second-order valence-corrected chi connectivity index (χ2v) is 10.6. The number of sulfonamides is 1.